The summed E-state index contributed by atoms with van der Waals surface area (Å²) < 4.78 is 7.86. The Morgan fingerprint density at radius 2 is 1.94 bits per heavy atom. The number of halogens is 1. The average Bonchev–Trinajstić information content (AvgIpc) is 3.19. The number of hydrogen-bond acceptors (Lipinski definition) is 6. The molecular formula is C26H33ClN6O2Si. The molecular weight excluding hydrogens is 492 g/mol. The third-order valence-electron chi connectivity index (χ3n) is 5.87. The lowest BCUT2D eigenvalue weighted by Gasteiger charge is -2.16. The molecule has 0 spiro atoms. The standard InChI is InChI=1S/C26H33ClN6O2Si/c1-32(2)11-10-29-26(34)25-31-23-14-18(22-15-20(27)19-16-28-9-8-21(19)30-22)6-7-24(23)33(25)17-35-12-13-36(3,4)5/h6-9,14-16H,10-13,17H2,1-5H3,(H,29,34). The largest absolute Gasteiger partial charge is 0.361 e. The minimum atomic E-state index is -1.22. The number of pyridine rings is 2. The van der Waals surface area contributed by atoms with Crippen LogP contribution in [0.5, 0.6) is 0 Å². The van der Waals surface area contributed by atoms with Crippen LogP contribution in [0.25, 0.3) is 33.2 Å². The summed E-state index contributed by atoms with van der Waals surface area (Å²) in [4.78, 5) is 28.7. The van der Waals surface area contributed by atoms with Crippen LogP contribution >= 0.6 is 11.6 Å². The van der Waals surface area contributed by atoms with Gasteiger partial charge in [-0.2, -0.15) is 0 Å². The number of nitrogens with zero attached hydrogens (tertiary/aromatic N) is 5. The van der Waals surface area contributed by atoms with Gasteiger partial charge in [-0.15, -0.1) is 0 Å². The van der Waals surface area contributed by atoms with Gasteiger partial charge >= 0.3 is 0 Å². The van der Waals surface area contributed by atoms with Crippen LogP contribution in [0.15, 0.2) is 42.7 Å². The molecule has 36 heavy (non-hydrogen) atoms. The SMILES string of the molecule is CN(C)CCNC(=O)c1nc2cc(-c3cc(Cl)c4cnccc4n3)ccc2n1COCC[Si](C)(C)C. The molecule has 0 saturated carbocycles. The zero-order valence-corrected chi connectivity index (χ0v) is 23.3. The van der Waals surface area contributed by atoms with Gasteiger partial charge in [0.2, 0.25) is 5.82 Å². The van der Waals surface area contributed by atoms with Crippen LogP contribution < -0.4 is 5.32 Å². The second-order valence-electron chi connectivity index (χ2n) is 10.4. The highest BCUT2D eigenvalue weighted by Crippen LogP contribution is 2.29. The van der Waals surface area contributed by atoms with Crippen LogP contribution in [0, 0.1) is 0 Å². The molecule has 0 aliphatic carbocycles. The normalized spacial score (nSPS) is 12.1. The van der Waals surface area contributed by atoms with Gasteiger partial charge in [0, 0.05) is 51.1 Å². The molecule has 0 radical (unpaired) electrons. The minimum Gasteiger partial charge on any atom is -0.361 e. The highest BCUT2D eigenvalue weighted by atomic mass is 35.5. The zero-order valence-electron chi connectivity index (χ0n) is 21.5. The third-order valence-corrected chi connectivity index (χ3v) is 7.88. The molecule has 4 aromatic rings. The first-order valence-corrected chi connectivity index (χ1v) is 16.1. The number of ether oxygens (including phenoxy) is 1. The van der Waals surface area contributed by atoms with Crippen molar-refractivity contribution >= 4 is 47.5 Å². The number of aromatic nitrogens is 4. The van der Waals surface area contributed by atoms with Gasteiger partial charge < -0.3 is 15.0 Å². The number of rotatable bonds is 10. The van der Waals surface area contributed by atoms with E-state index in [0.717, 1.165) is 40.3 Å². The lowest BCUT2D eigenvalue weighted by Crippen LogP contribution is -2.33. The van der Waals surface area contributed by atoms with Crippen molar-refractivity contribution in [3.8, 4) is 11.3 Å². The Morgan fingerprint density at radius 3 is 2.69 bits per heavy atom. The van der Waals surface area contributed by atoms with Gasteiger partial charge in [-0.3, -0.25) is 14.3 Å². The monoisotopic (exact) mass is 524 g/mol. The maximum atomic E-state index is 13.1. The number of benzene rings is 1. The molecule has 0 aliphatic rings. The maximum Gasteiger partial charge on any atom is 0.287 e. The van der Waals surface area contributed by atoms with Crippen molar-refractivity contribution in [2.24, 2.45) is 0 Å². The molecule has 3 heterocycles. The van der Waals surface area contributed by atoms with E-state index in [1.807, 2.05) is 53.9 Å². The fraction of sp³-hybridized carbons (Fsp3) is 0.385. The van der Waals surface area contributed by atoms with Crippen molar-refractivity contribution in [3.63, 3.8) is 0 Å². The number of likely N-dealkylation sites (N-methyl/N-ethyl adjacent to an activating group) is 1. The summed E-state index contributed by atoms with van der Waals surface area (Å²) in [7, 11) is 2.72. The van der Waals surface area contributed by atoms with Crippen LogP contribution in [0.3, 0.4) is 0 Å². The van der Waals surface area contributed by atoms with Crippen molar-refractivity contribution in [3.05, 3.63) is 53.6 Å². The molecule has 0 atom stereocenters. The average molecular weight is 525 g/mol. The molecule has 0 fully saturated rings. The highest BCUT2D eigenvalue weighted by Gasteiger charge is 2.19. The van der Waals surface area contributed by atoms with Crippen molar-refractivity contribution in [1.29, 1.82) is 0 Å². The van der Waals surface area contributed by atoms with Gasteiger partial charge in [0.1, 0.15) is 6.73 Å². The van der Waals surface area contributed by atoms with Gasteiger partial charge in [-0.25, -0.2) is 9.97 Å². The van der Waals surface area contributed by atoms with E-state index in [2.05, 4.69) is 29.9 Å². The second kappa shape index (κ2) is 11.0. The first kappa shape index (κ1) is 26.2. The molecule has 1 aromatic carbocycles. The number of amides is 1. The summed E-state index contributed by atoms with van der Waals surface area (Å²) in [5, 5.41) is 4.37. The first-order valence-electron chi connectivity index (χ1n) is 12.0. The van der Waals surface area contributed by atoms with Gasteiger partial charge in [0.25, 0.3) is 5.91 Å². The second-order valence-corrected chi connectivity index (χ2v) is 16.4. The van der Waals surface area contributed by atoms with E-state index in [0.29, 0.717) is 29.5 Å². The van der Waals surface area contributed by atoms with Crippen LogP contribution in [-0.4, -0.2) is 72.2 Å². The number of imidazole rings is 1. The Kier molecular flexibility index (Phi) is 8.04. The van der Waals surface area contributed by atoms with E-state index in [-0.39, 0.29) is 12.6 Å². The summed E-state index contributed by atoms with van der Waals surface area (Å²) in [6.07, 6.45) is 3.41. The highest BCUT2D eigenvalue weighted by molar-refractivity contribution is 6.76. The van der Waals surface area contributed by atoms with Crippen LogP contribution in [0.2, 0.25) is 30.7 Å². The summed E-state index contributed by atoms with van der Waals surface area (Å²) in [6.45, 7) is 9.15. The number of fused-ring (bicyclic) bond motifs is 2. The Hall–Kier alpha value is -2.85. The maximum absolute atomic E-state index is 13.1. The third kappa shape index (κ3) is 6.28. The van der Waals surface area contributed by atoms with Gasteiger partial charge in [0.05, 0.1) is 27.3 Å². The molecule has 0 unspecified atom stereocenters. The Morgan fingerprint density at radius 1 is 1.14 bits per heavy atom. The van der Waals surface area contributed by atoms with E-state index in [9.17, 15) is 4.79 Å². The fourth-order valence-electron chi connectivity index (χ4n) is 3.78. The predicted octanol–water partition coefficient (Wildman–Crippen LogP) is 4.90. The van der Waals surface area contributed by atoms with E-state index >= 15 is 0 Å². The van der Waals surface area contributed by atoms with Gasteiger partial charge in [-0.05, 0) is 44.4 Å². The molecule has 1 amide bonds. The number of carbonyl (C=O) groups is 1. The fourth-order valence-corrected chi connectivity index (χ4v) is 4.78. The van der Waals surface area contributed by atoms with Crippen molar-refractivity contribution in [2.45, 2.75) is 32.4 Å². The number of hydrogen-bond donors (Lipinski definition) is 1. The topological polar surface area (TPSA) is 85.2 Å². The van der Waals surface area contributed by atoms with Crippen LogP contribution in [-0.2, 0) is 11.5 Å². The lowest BCUT2D eigenvalue weighted by atomic mass is 10.1. The molecule has 8 nitrogen and oxygen atoms in total. The summed E-state index contributed by atoms with van der Waals surface area (Å²) in [5.74, 6) is 0.118. The Labute approximate surface area is 217 Å². The van der Waals surface area contributed by atoms with Crippen molar-refractivity contribution in [2.75, 3.05) is 33.8 Å². The van der Waals surface area contributed by atoms with E-state index in [4.69, 9.17) is 26.3 Å². The smallest absolute Gasteiger partial charge is 0.287 e. The Balaban J connectivity index is 1.67. The van der Waals surface area contributed by atoms with Crippen LogP contribution in [0.4, 0.5) is 0 Å². The molecule has 0 aliphatic heterocycles. The molecule has 1 N–H and O–H groups in total. The van der Waals surface area contributed by atoms with Gasteiger partial charge in [0.15, 0.2) is 0 Å². The zero-order chi connectivity index (χ0) is 25.9. The van der Waals surface area contributed by atoms with Crippen molar-refractivity contribution in [1.82, 2.24) is 29.7 Å². The summed E-state index contributed by atoms with van der Waals surface area (Å²) in [5.41, 5.74) is 3.91. The Bertz CT molecular complexity index is 1380. The molecule has 0 saturated heterocycles. The summed E-state index contributed by atoms with van der Waals surface area (Å²) >= 11 is 6.51. The van der Waals surface area contributed by atoms with Crippen molar-refractivity contribution < 1.29 is 9.53 Å². The minimum absolute atomic E-state index is 0.220. The van der Waals surface area contributed by atoms with Crippen LogP contribution in [0.1, 0.15) is 10.6 Å². The quantitative estimate of drug-likeness (QED) is 0.234. The van der Waals surface area contributed by atoms with Gasteiger partial charge in [-0.1, -0.05) is 37.3 Å². The van der Waals surface area contributed by atoms with E-state index < -0.39 is 8.07 Å². The van der Waals surface area contributed by atoms with E-state index in [1.54, 1.807) is 12.4 Å². The predicted molar refractivity (Wildman–Crippen MR) is 148 cm³/mol. The van der Waals surface area contributed by atoms with E-state index in [1.165, 1.54) is 0 Å². The summed E-state index contributed by atoms with van der Waals surface area (Å²) in [6, 6.07) is 10.6. The first-order chi connectivity index (χ1) is 17.1. The molecule has 190 valence electrons. The number of nitrogens with one attached hydrogen (secondary N) is 1. The molecule has 10 heteroatoms. The molecule has 4 rings (SSSR count). The molecule has 0 bridgehead atoms. The number of carbonyl (C=O) groups excluding carboxylic acids is 1. The lowest BCUT2D eigenvalue weighted by molar-refractivity contribution is 0.0801. The molecule has 3 aromatic heterocycles.